The fraction of sp³-hybridized carbons (Fsp3) is 0.316. The summed E-state index contributed by atoms with van der Waals surface area (Å²) < 4.78 is 50.7. The van der Waals surface area contributed by atoms with Crippen LogP contribution in [0.2, 0.25) is 5.02 Å². The highest BCUT2D eigenvalue weighted by molar-refractivity contribution is 6.32. The second kappa shape index (κ2) is 9.54. The number of carbonyl (C=O) groups excluding carboxylic acids is 1. The largest absolute Gasteiger partial charge is 0.493 e. The summed E-state index contributed by atoms with van der Waals surface area (Å²) in [5.74, 6) is -4.13. The summed E-state index contributed by atoms with van der Waals surface area (Å²) in [6.45, 7) is 4.53. The molecule has 0 atom stereocenters. The van der Waals surface area contributed by atoms with Crippen molar-refractivity contribution in [2.24, 2.45) is 5.92 Å². The topological polar surface area (TPSA) is 59.6 Å². The molecule has 9 heteroatoms. The summed E-state index contributed by atoms with van der Waals surface area (Å²) in [4.78, 5) is 12.3. The number of carbonyl (C=O) groups is 1. The van der Waals surface area contributed by atoms with Crippen molar-refractivity contribution in [3.8, 4) is 11.5 Å². The zero-order chi connectivity index (χ0) is 20.8. The van der Waals surface area contributed by atoms with Crippen molar-refractivity contribution in [3.63, 3.8) is 0 Å². The second-order valence-corrected chi connectivity index (χ2v) is 6.73. The molecule has 0 saturated carbocycles. The molecule has 0 bridgehead atoms. The van der Waals surface area contributed by atoms with E-state index in [1.165, 1.54) is 19.2 Å². The predicted octanol–water partition coefficient (Wildman–Crippen LogP) is 4.95. The zero-order valence-corrected chi connectivity index (χ0v) is 16.3. The maximum atomic E-state index is 13.6. The molecule has 0 fully saturated rings. The van der Waals surface area contributed by atoms with Crippen LogP contribution in [0.3, 0.4) is 0 Å². The normalized spacial score (nSPS) is 10.7. The van der Waals surface area contributed by atoms with Crippen LogP contribution >= 0.6 is 11.6 Å². The lowest BCUT2D eigenvalue weighted by atomic mass is 10.1. The number of rotatable bonds is 8. The fourth-order valence-corrected chi connectivity index (χ4v) is 2.47. The number of amides is 1. The molecule has 0 unspecified atom stereocenters. The Morgan fingerprint density at radius 1 is 1.18 bits per heavy atom. The molecule has 2 aromatic carbocycles. The Labute approximate surface area is 165 Å². The summed E-state index contributed by atoms with van der Waals surface area (Å²) in [6.07, 6.45) is 0.811. The molecule has 0 saturated heterocycles. The highest BCUT2D eigenvalue weighted by Gasteiger charge is 2.18. The maximum Gasteiger partial charge on any atom is 0.269 e. The van der Waals surface area contributed by atoms with E-state index in [0.29, 0.717) is 18.3 Å². The van der Waals surface area contributed by atoms with Crippen LogP contribution in [0.1, 0.15) is 30.6 Å². The van der Waals surface area contributed by atoms with E-state index in [1.807, 2.05) is 0 Å². The number of halogens is 4. The summed E-state index contributed by atoms with van der Waals surface area (Å²) in [6, 6.07) is 4.44. The van der Waals surface area contributed by atoms with Crippen LogP contribution in [0.15, 0.2) is 24.3 Å². The summed E-state index contributed by atoms with van der Waals surface area (Å²) in [5.41, 5.74) is 4.05. The van der Waals surface area contributed by atoms with E-state index in [2.05, 4.69) is 24.7 Å². The highest BCUT2D eigenvalue weighted by Crippen LogP contribution is 2.36. The van der Waals surface area contributed by atoms with Crippen molar-refractivity contribution in [2.45, 2.75) is 20.3 Å². The van der Waals surface area contributed by atoms with Gasteiger partial charge in [0, 0.05) is 5.56 Å². The van der Waals surface area contributed by atoms with Gasteiger partial charge >= 0.3 is 0 Å². The average Bonchev–Trinajstić information content (AvgIpc) is 2.66. The van der Waals surface area contributed by atoms with Gasteiger partial charge < -0.3 is 9.47 Å². The minimum atomic E-state index is -1.65. The van der Waals surface area contributed by atoms with Crippen LogP contribution in [0.4, 0.5) is 18.9 Å². The molecule has 2 aromatic rings. The number of nitrogens with one attached hydrogen (secondary N) is 2. The van der Waals surface area contributed by atoms with Gasteiger partial charge in [0.25, 0.3) is 5.91 Å². The van der Waals surface area contributed by atoms with Gasteiger partial charge in [-0.05, 0) is 36.6 Å². The van der Waals surface area contributed by atoms with E-state index in [4.69, 9.17) is 21.1 Å². The molecule has 0 aromatic heterocycles. The van der Waals surface area contributed by atoms with Crippen LogP contribution in [0, 0.1) is 23.4 Å². The number of hydrogen-bond donors (Lipinski definition) is 2. The SMILES string of the molecule is COc1cc(C(=O)NNc2ccc(F)c(F)c2F)cc(Cl)c1OCCC(C)C. The first-order valence-corrected chi connectivity index (χ1v) is 8.82. The lowest BCUT2D eigenvalue weighted by molar-refractivity contribution is 0.0962. The van der Waals surface area contributed by atoms with Crippen molar-refractivity contribution in [3.05, 3.63) is 52.3 Å². The Morgan fingerprint density at radius 3 is 2.54 bits per heavy atom. The van der Waals surface area contributed by atoms with Crippen LogP contribution in [0.25, 0.3) is 0 Å². The Bertz CT molecular complexity index is 863. The van der Waals surface area contributed by atoms with Crippen LogP contribution < -0.4 is 20.3 Å². The Kier molecular flexibility index (Phi) is 7.39. The van der Waals surface area contributed by atoms with Crippen LogP contribution in [-0.4, -0.2) is 19.6 Å². The molecular weight excluding hydrogens is 397 g/mol. The van der Waals surface area contributed by atoms with Gasteiger partial charge in [-0.2, -0.15) is 0 Å². The minimum absolute atomic E-state index is 0.0913. The van der Waals surface area contributed by atoms with E-state index in [9.17, 15) is 18.0 Å². The van der Waals surface area contributed by atoms with Gasteiger partial charge in [-0.1, -0.05) is 25.4 Å². The quantitative estimate of drug-likeness (QED) is 0.472. The van der Waals surface area contributed by atoms with Crippen LogP contribution in [0.5, 0.6) is 11.5 Å². The van der Waals surface area contributed by atoms with Crippen molar-refractivity contribution in [1.29, 1.82) is 0 Å². The molecule has 0 heterocycles. The van der Waals surface area contributed by atoms with E-state index in [-0.39, 0.29) is 16.3 Å². The number of anilines is 1. The second-order valence-electron chi connectivity index (χ2n) is 6.32. The Balaban J connectivity index is 2.13. The zero-order valence-electron chi connectivity index (χ0n) is 15.5. The first-order chi connectivity index (χ1) is 13.2. The predicted molar refractivity (Wildman–Crippen MR) is 100 cm³/mol. The smallest absolute Gasteiger partial charge is 0.269 e. The minimum Gasteiger partial charge on any atom is -0.493 e. The molecule has 0 spiro atoms. The van der Waals surface area contributed by atoms with E-state index in [0.717, 1.165) is 18.6 Å². The third kappa shape index (κ3) is 5.22. The maximum absolute atomic E-state index is 13.6. The summed E-state index contributed by atoms with van der Waals surface area (Å²) in [7, 11) is 1.40. The molecule has 0 aliphatic rings. The third-order valence-corrected chi connectivity index (χ3v) is 4.06. The molecule has 28 heavy (non-hydrogen) atoms. The van der Waals surface area contributed by atoms with Gasteiger partial charge in [0.05, 0.1) is 24.4 Å². The Morgan fingerprint density at radius 2 is 1.89 bits per heavy atom. The van der Waals surface area contributed by atoms with E-state index in [1.54, 1.807) is 0 Å². The molecule has 2 rings (SSSR count). The number of ether oxygens (including phenoxy) is 2. The molecule has 2 N–H and O–H groups in total. The lowest BCUT2D eigenvalue weighted by Crippen LogP contribution is -2.30. The molecule has 0 aliphatic heterocycles. The highest BCUT2D eigenvalue weighted by atomic mass is 35.5. The van der Waals surface area contributed by atoms with Crippen molar-refractivity contribution in [2.75, 3.05) is 19.1 Å². The van der Waals surface area contributed by atoms with Crippen molar-refractivity contribution < 1.29 is 27.4 Å². The van der Waals surface area contributed by atoms with Crippen LogP contribution in [-0.2, 0) is 0 Å². The van der Waals surface area contributed by atoms with Gasteiger partial charge in [-0.15, -0.1) is 0 Å². The fourth-order valence-electron chi connectivity index (χ4n) is 2.21. The molecular formula is C19H20ClF3N2O3. The first-order valence-electron chi connectivity index (χ1n) is 8.44. The monoisotopic (exact) mass is 416 g/mol. The summed E-state index contributed by atoms with van der Waals surface area (Å²) >= 11 is 6.20. The number of hydrogen-bond acceptors (Lipinski definition) is 4. The van der Waals surface area contributed by atoms with Crippen molar-refractivity contribution in [1.82, 2.24) is 5.43 Å². The van der Waals surface area contributed by atoms with Gasteiger partial charge in [-0.25, -0.2) is 13.2 Å². The van der Waals surface area contributed by atoms with Gasteiger partial charge in [0.15, 0.2) is 29.0 Å². The van der Waals surface area contributed by atoms with Gasteiger partial charge in [0.1, 0.15) is 0 Å². The molecule has 1 amide bonds. The van der Waals surface area contributed by atoms with Gasteiger partial charge in [-0.3, -0.25) is 15.6 Å². The lowest BCUT2D eigenvalue weighted by Gasteiger charge is -2.15. The van der Waals surface area contributed by atoms with Gasteiger partial charge in [0.2, 0.25) is 0 Å². The molecule has 152 valence electrons. The number of benzene rings is 2. The molecule has 0 aliphatic carbocycles. The van der Waals surface area contributed by atoms with E-state index < -0.39 is 29.0 Å². The van der Waals surface area contributed by atoms with E-state index >= 15 is 0 Å². The standard InChI is InChI=1S/C19H20ClF3N2O3/c1-10(2)6-7-28-18-12(20)8-11(9-15(18)27-3)19(26)25-24-14-5-4-13(21)16(22)17(14)23/h4-5,8-10,24H,6-7H2,1-3H3,(H,25,26). The number of hydrazine groups is 1. The Hall–Kier alpha value is -2.61. The van der Waals surface area contributed by atoms with Crippen molar-refractivity contribution >= 4 is 23.2 Å². The average molecular weight is 417 g/mol. The number of methoxy groups -OCH3 is 1. The third-order valence-electron chi connectivity index (χ3n) is 3.78. The molecule has 5 nitrogen and oxygen atoms in total. The summed E-state index contributed by atoms with van der Waals surface area (Å²) in [5, 5.41) is 0.160. The molecule has 0 radical (unpaired) electrons. The first kappa shape index (κ1) is 21.7.